The second-order valence-electron chi connectivity index (χ2n) is 6.03. The number of rotatable bonds is 6. The van der Waals surface area contributed by atoms with E-state index >= 15 is 0 Å². The maximum atomic E-state index is 10.5. The van der Waals surface area contributed by atoms with Crippen molar-refractivity contribution in [3.63, 3.8) is 0 Å². The van der Waals surface area contributed by atoms with Gasteiger partial charge in [0.1, 0.15) is 0 Å². The van der Waals surface area contributed by atoms with Crippen LogP contribution in [0.5, 0.6) is 0 Å². The molecule has 1 fully saturated rings. The zero-order valence-electron chi connectivity index (χ0n) is 12.9. The maximum absolute atomic E-state index is 10.5. The summed E-state index contributed by atoms with van der Waals surface area (Å²) in [5.74, 6) is 0.694. The summed E-state index contributed by atoms with van der Waals surface area (Å²) >= 11 is 0. The molecule has 0 aliphatic carbocycles. The lowest BCUT2D eigenvalue weighted by Gasteiger charge is -2.34. The van der Waals surface area contributed by atoms with Crippen molar-refractivity contribution < 1.29 is 9.84 Å². The van der Waals surface area contributed by atoms with Crippen LogP contribution >= 0.6 is 0 Å². The number of ether oxygens (including phenoxy) is 1. The predicted octanol–water partition coefficient (Wildman–Crippen LogP) is -0.0979. The fourth-order valence-corrected chi connectivity index (χ4v) is 2.76. The van der Waals surface area contributed by atoms with Gasteiger partial charge in [-0.1, -0.05) is 0 Å². The Morgan fingerprint density at radius 3 is 3.00 bits per heavy atom. The first-order chi connectivity index (χ1) is 10.6. The molecule has 0 amide bonds. The SMILES string of the molecule is CC(O)(CNCc1cnc2ncccn12)CN1CCOCC1. The fraction of sp³-hybridized carbons (Fsp3) is 0.600. The van der Waals surface area contributed by atoms with Crippen molar-refractivity contribution in [1.82, 2.24) is 24.6 Å². The van der Waals surface area contributed by atoms with Gasteiger partial charge in [0.2, 0.25) is 5.78 Å². The van der Waals surface area contributed by atoms with Crippen molar-refractivity contribution in [2.24, 2.45) is 0 Å². The number of fused-ring (bicyclic) bond motifs is 1. The number of nitrogens with zero attached hydrogens (tertiary/aromatic N) is 4. The van der Waals surface area contributed by atoms with E-state index in [4.69, 9.17) is 4.74 Å². The molecule has 2 aromatic rings. The second kappa shape index (κ2) is 6.70. The Labute approximate surface area is 129 Å². The lowest BCUT2D eigenvalue weighted by molar-refractivity contribution is -0.0219. The van der Waals surface area contributed by atoms with E-state index in [2.05, 4.69) is 20.2 Å². The topological polar surface area (TPSA) is 74.9 Å². The van der Waals surface area contributed by atoms with Gasteiger partial charge in [-0.2, -0.15) is 0 Å². The van der Waals surface area contributed by atoms with Crippen molar-refractivity contribution in [2.75, 3.05) is 39.4 Å². The molecule has 0 spiro atoms. The monoisotopic (exact) mass is 305 g/mol. The fourth-order valence-electron chi connectivity index (χ4n) is 2.76. The van der Waals surface area contributed by atoms with Gasteiger partial charge in [0, 0.05) is 45.1 Å². The number of β-amino-alcohol motifs (C(OH)–C–C–N with tert-alkyl or cyclic N) is 1. The minimum absolute atomic E-state index is 0.526. The molecule has 1 unspecified atom stereocenters. The lowest BCUT2D eigenvalue weighted by Crippen LogP contribution is -2.50. The maximum Gasteiger partial charge on any atom is 0.233 e. The number of imidazole rings is 1. The van der Waals surface area contributed by atoms with Gasteiger partial charge in [-0.05, 0) is 13.0 Å². The molecule has 1 aliphatic rings. The lowest BCUT2D eigenvalue weighted by atomic mass is 10.1. The third kappa shape index (κ3) is 3.80. The molecule has 2 aromatic heterocycles. The van der Waals surface area contributed by atoms with E-state index in [9.17, 15) is 5.11 Å². The Morgan fingerprint density at radius 1 is 1.36 bits per heavy atom. The quantitative estimate of drug-likeness (QED) is 0.776. The molecule has 1 saturated heterocycles. The number of hydrogen-bond donors (Lipinski definition) is 2. The highest BCUT2D eigenvalue weighted by Gasteiger charge is 2.24. The molecule has 3 rings (SSSR count). The van der Waals surface area contributed by atoms with Crippen molar-refractivity contribution in [3.8, 4) is 0 Å². The highest BCUT2D eigenvalue weighted by Crippen LogP contribution is 2.09. The summed E-state index contributed by atoms with van der Waals surface area (Å²) in [5, 5.41) is 13.8. The Balaban J connectivity index is 1.51. The molecule has 0 radical (unpaired) electrons. The summed E-state index contributed by atoms with van der Waals surface area (Å²) in [5.41, 5.74) is 0.265. The van der Waals surface area contributed by atoms with Crippen LogP contribution in [0, 0.1) is 0 Å². The van der Waals surface area contributed by atoms with Crippen LogP contribution < -0.4 is 5.32 Å². The minimum atomic E-state index is -0.768. The standard InChI is InChI=1S/C15H23N5O2/c1-15(21,12-19-5-7-22-8-6-19)11-16-9-13-10-18-14-17-3-2-4-20(13)14/h2-4,10,16,21H,5-9,11-12H2,1H3. The van der Waals surface area contributed by atoms with E-state index in [0.717, 1.165) is 32.0 Å². The van der Waals surface area contributed by atoms with E-state index in [1.807, 2.05) is 29.8 Å². The molecule has 1 aliphatic heterocycles. The van der Waals surface area contributed by atoms with Crippen LogP contribution in [0.1, 0.15) is 12.6 Å². The molecule has 3 heterocycles. The molecule has 22 heavy (non-hydrogen) atoms. The average Bonchev–Trinajstić information content (AvgIpc) is 2.91. The van der Waals surface area contributed by atoms with Gasteiger partial charge in [-0.15, -0.1) is 0 Å². The van der Waals surface area contributed by atoms with E-state index in [-0.39, 0.29) is 0 Å². The summed E-state index contributed by atoms with van der Waals surface area (Å²) < 4.78 is 7.28. The van der Waals surface area contributed by atoms with Gasteiger partial charge in [-0.25, -0.2) is 9.97 Å². The summed E-state index contributed by atoms with van der Waals surface area (Å²) in [7, 11) is 0. The Bertz CT molecular complexity index is 607. The van der Waals surface area contributed by atoms with Crippen molar-refractivity contribution >= 4 is 5.78 Å². The Hall–Kier alpha value is -1.54. The van der Waals surface area contributed by atoms with Gasteiger partial charge < -0.3 is 15.2 Å². The van der Waals surface area contributed by atoms with Crippen LogP contribution in [0.4, 0.5) is 0 Å². The first kappa shape index (κ1) is 15.4. The van der Waals surface area contributed by atoms with Gasteiger partial charge in [0.15, 0.2) is 0 Å². The molecule has 120 valence electrons. The smallest absolute Gasteiger partial charge is 0.233 e. The van der Waals surface area contributed by atoms with Crippen molar-refractivity contribution in [2.45, 2.75) is 19.1 Å². The average molecular weight is 305 g/mol. The van der Waals surface area contributed by atoms with Crippen LogP contribution in [0.15, 0.2) is 24.7 Å². The molecule has 7 nitrogen and oxygen atoms in total. The number of aromatic nitrogens is 3. The highest BCUT2D eigenvalue weighted by molar-refractivity contribution is 5.30. The van der Waals surface area contributed by atoms with Crippen molar-refractivity contribution in [1.29, 1.82) is 0 Å². The first-order valence-corrected chi connectivity index (χ1v) is 7.64. The van der Waals surface area contributed by atoms with E-state index < -0.39 is 5.60 Å². The van der Waals surface area contributed by atoms with Gasteiger partial charge in [0.05, 0.1) is 30.7 Å². The normalized spacial score (nSPS) is 19.4. The molecule has 7 heteroatoms. The predicted molar refractivity (Wildman–Crippen MR) is 82.6 cm³/mol. The van der Waals surface area contributed by atoms with Gasteiger partial charge >= 0.3 is 0 Å². The number of morpholine rings is 1. The molecule has 0 aromatic carbocycles. The zero-order valence-corrected chi connectivity index (χ0v) is 12.9. The van der Waals surface area contributed by atoms with E-state index in [1.54, 1.807) is 6.20 Å². The van der Waals surface area contributed by atoms with Gasteiger partial charge in [-0.3, -0.25) is 9.30 Å². The molecular weight excluding hydrogens is 282 g/mol. The Kier molecular flexibility index (Phi) is 4.68. The number of nitrogens with one attached hydrogen (secondary N) is 1. The number of hydrogen-bond acceptors (Lipinski definition) is 6. The van der Waals surface area contributed by atoms with E-state index in [1.165, 1.54) is 0 Å². The number of aliphatic hydroxyl groups is 1. The van der Waals surface area contributed by atoms with Gasteiger partial charge in [0.25, 0.3) is 0 Å². The Morgan fingerprint density at radius 2 is 2.18 bits per heavy atom. The highest BCUT2D eigenvalue weighted by atomic mass is 16.5. The second-order valence-corrected chi connectivity index (χ2v) is 6.03. The molecule has 2 N–H and O–H groups in total. The third-order valence-electron chi connectivity index (χ3n) is 3.85. The molecule has 1 atom stereocenters. The summed E-state index contributed by atoms with van der Waals surface area (Å²) in [4.78, 5) is 10.7. The van der Waals surface area contributed by atoms with Crippen LogP contribution in [0.25, 0.3) is 5.78 Å². The summed E-state index contributed by atoms with van der Waals surface area (Å²) in [6, 6.07) is 1.88. The van der Waals surface area contributed by atoms with Crippen LogP contribution in [0.3, 0.4) is 0 Å². The van der Waals surface area contributed by atoms with Crippen LogP contribution in [-0.2, 0) is 11.3 Å². The van der Waals surface area contributed by atoms with Crippen LogP contribution in [0.2, 0.25) is 0 Å². The largest absolute Gasteiger partial charge is 0.388 e. The minimum Gasteiger partial charge on any atom is -0.388 e. The summed E-state index contributed by atoms with van der Waals surface area (Å²) in [6.45, 7) is 6.95. The van der Waals surface area contributed by atoms with Crippen LogP contribution in [-0.4, -0.2) is 69.4 Å². The van der Waals surface area contributed by atoms with Crippen molar-refractivity contribution in [3.05, 3.63) is 30.4 Å². The molecule has 0 bridgehead atoms. The first-order valence-electron chi connectivity index (χ1n) is 7.64. The third-order valence-corrected chi connectivity index (χ3v) is 3.85. The summed E-state index contributed by atoms with van der Waals surface area (Å²) in [6.07, 6.45) is 5.48. The molecule has 0 saturated carbocycles. The van der Waals surface area contributed by atoms with E-state index in [0.29, 0.717) is 25.4 Å². The zero-order chi connectivity index (χ0) is 15.4. The molecular formula is C15H23N5O2.